The lowest BCUT2D eigenvalue weighted by atomic mass is 9.97. The van der Waals surface area contributed by atoms with Crippen molar-refractivity contribution in [1.82, 2.24) is 10.6 Å². The molecule has 0 heterocycles. The molecule has 25 heavy (non-hydrogen) atoms. The summed E-state index contributed by atoms with van der Waals surface area (Å²) in [6.07, 6.45) is 9.27. The van der Waals surface area contributed by atoms with Crippen LogP contribution in [0.4, 0.5) is 0 Å². The Balaban J connectivity index is 1.71. The number of guanidine groups is 1. The first-order valence-electron chi connectivity index (χ1n) is 8.73. The van der Waals surface area contributed by atoms with Crippen LogP contribution in [0.15, 0.2) is 45.8 Å². The molecule has 0 amide bonds. The second-order valence-electron chi connectivity index (χ2n) is 6.22. The SMILES string of the molecule is CN=C(NCCC1=CCCCC1)NCCc1ccc(S(N)(=O)=O)cc1. The fourth-order valence-corrected chi connectivity index (χ4v) is 3.38. The van der Waals surface area contributed by atoms with Crippen molar-refractivity contribution >= 4 is 16.0 Å². The highest BCUT2D eigenvalue weighted by Crippen LogP contribution is 2.19. The predicted octanol–water partition coefficient (Wildman–Crippen LogP) is 1.93. The number of primary sulfonamides is 1. The van der Waals surface area contributed by atoms with Crippen molar-refractivity contribution in [2.24, 2.45) is 10.1 Å². The third kappa shape index (κ3) is 6.88. The molecule has 1 aromatic carbocycles. The van der Waals surface area contributed by atoms with Gasteiger partial charge in [-0.1, -0.05) is 23.8 Å². The fraction of sp³-hybridized carbons (Fsp3) is 0.500. The highest BCUT2D eigenvalue weighted by Gasteiger charge is 2.07. The van der Waals surface area contributed by atoms with Gasteiger partial charge in [0.1, 0.15) is 0 Å². The second-order valence-corrected chi connectivity index (χ2v) is 7.78. The van der Waals surface area contributed by atoms with Crippen molar-refractivity contribution in [2.45, 2.75) is 43.4 Å². The van der Waals surface area contributed by atoms with E-state index in [-0.39, 0.29) is 4.90 Å². The number of rotatable bonds is 7. The summed E-state index contributed by atoms with van der Waals surface area (Å²) in [6.45, 7) is 1.60. The van der Waals surface area contributed by atoms with E-state index in [2.05, 4.69) is 21.7 Å². The molecule has 0 fully saturated rings. The van der Waals surface area contributed by atoms with Gasteiger partial charge in [0.25, 0.3) is 0 Å². The Morgan fingerprint density at radius 3 is 2.36 bits per heavy atom. The maximum Gasteiger partial charge on any atom is 0.238 e. The van der Waals surface area contributed by atoms with Gasteiger partial charge in [0, 0.05) is 20.1 Å². The van der Waals surface area contributed by atoms with Crippen LogP contribution >= 0.6 is 0 Å². The Kier molecular flexibility index (Phi) is 7.46. The highest BCUT2D eigenvalue weighted by atomic mass is 32.2. The third-order valence-electron chi connectivity index (χ3n) is 4.31. The molecule has 0 spiro atoms. The van der Waals surface area contributed by atoms with Gasteiger partial charge in [-0.05, 0) is 56.2 Å². The quantitative estimate of drug-likeness (QED) is 0.391. The van der Waals surface area contributed by atoms with Gasteiger partial charge in [-0.15, -0.1) is 0 Å². The molecule has 4 N–H and O–H groups in total. The van der Waals surface area contributed by atoms with Crippen LogP contribution in [0.5, 0.6) is 0 Å². The lowest BCUT2D eigenvalue weighted by molar-refractivity contribution is 0.598. The number of hydrogen-bond donors (Lipinski definition) is 3. The minimum atomic E-state index is -3.63. The molecular weight excluding hydrogens is 336 g/mol. The summed E-state index contributed by atoms with van der Waals surface area (Å²) in [5.41, 5.74) is 2.59. The van der Waals surface area contributed by atoms with Crippen LogP contribution in [0, 0.1) is 0 Å². The van der Waals surface area contributed by atoms with Crippen molar-refractivity contribution in [3.05, 3.63) is 41.5 Å². The highest BCUT2D eigenvalue weighted by molar-refractivity contribution is 7.89. The molecular formula is C18H28N4O2S. The Morgan fingerprint density at radius 2 is 1.80 bits per heavy atom. The first kappa shape index (κ1) is 19.5. The van der Waals surface area contributed by atoms with Crippen molar-refractivity contribution in [3.63, 3.8) is 0 Å². The monoisotopic (exact) mass is 364 g/mol. The van der Waals surface area contributed by atoms with Crippen LogP contribution in [0.25, 0.3) is 0 Å². The van der Waals surface area contributed by atoms with E-state index in [9.17, 15) is 8.42 Å². The number of sulfonamides is 1. The summed E-state index contributed by atoms with van der Waals surface area (Å²) in [7, 11) is -1.87. The molecule has 1 aliphatic rings. The second kappa shape index (κ2) is 9.58. The van der Waals surface area contributed by atoms with Gasteiger partial charge in [0.2, 0.25) is 10.0 Å². The van der Waals surface area contributed by atoms with Crippen molar-refractivity contribution in [1.29, 1.82) is 0 Å². The molecule has 0 unspecified atom stereocenters. The van der Waals surface area contributed by atoms with E-state index in [1.165, 1.54) is 37.8 Å². The lowest BCUT2D eigenvalue weighted by Gasteiger charge is -2.15. The van der Waals surface area contributed by atoms with Gasteiger partial charge in [-0.25, -0.2) is 13.6 Å². The molecule has 1 aromatic rings. The molecule has 0 saturated heterocycles. The van der Waals surface area contributed by atoms with E-state index >= 15 is 0 Å². The zero-order valence-electron chi connectivity index (χ0n) is 14.8. The number of nitrogens with two attached hydrogens (primary N) is 1. The molecule has 0 aliphatic heterocycles. The number of aliphatic imine (C=N–C) groups is 1. The van der Waals surface area contributed by atoms with E-state index in [0.29, 0.717) is 0 Å². The third-order valence-corrected chi connectivity index (χ3v) is 5.23. The largest absolute Gasteiger partial charge is 0.356 e. The standard InChI is InChI=1S/C18H28N4O2S/c1-20-18(21-13-11-15-5-3-2-4-6-15)22-14-12-16-7-9-17(10-8-16)25(19,23)24/h5,7-10H,2-4,6,11-14H2,1H3,(H2,19,23,24)(H2,20,21,22). The topological polar surface area (TPSA) is 96.6 Å². The zero-order chi connectivity index (χ0) is 18.1. The van der Waals surface area contributed by atoms with Gasteiger partial charge in [0.05, 0.1) is 4.90 Å². The summed E-state index contributed by atoms with van der Waals surface area (Å²) >= 11 is 0. The Bertz CT molecular complexity index is 709. The van der Waals surface area contributed by atoms with Crippen LogP contribution in [-0.2, 0) is 16.4 Å². The summed E-state index contributed by atoms with van der Waals surface area (Å²) in [4.78, 5) is 4.37. The molecule has 138 valence electrons. The number of allylic oxidation sites excluding steroid dienone is 1. The van der Waals surface area contributed by atoms with Crippen molar-refractivity contribution in [2.75, 3.05) is 20.1 Å². The molecule has 7 heteroatoms. The van der Waals surface area contributed by atoms with E-state index < -0.39 is 10.0 Å². The van der Waals surface area contributed by atoms with Crippen molar-refractivity contribution in [3.8, 4) is 0 Å². The molecule has 0 radical (unpaired) electrons. The first-order valence-corrected chi connectivity index (χ1v) is 10.3. The predicted molar refractivity (Wildman–Crippen MR) is 102 cm³/mol. The smallest absolute Gasteiger partial charge is 0.238 e. The molecule has 6 nitrogen and oxygen atoms in total. The minimum absolute atomic E-state index is 0.138. The molecule has 1 aliphatic carbocycles. The van der Waals surface area contributed by atoms with E-state index in [0.717, 1.165) is 37.5 Å². The van der Waals surface area contributed by atoms with Gasteiger partial charge < -0.3 is 10.6 Å². The number of nitrogens with zero attached hydrogens (tertiary/aromatic N) is 1. The number of nitrogens with one attached hydrogen (secondary N) is 2. The normalized spacial score (nSPS) is 15.6. The van der Waals surface area contributed by atoms with E-state index in [4.69, 9.17) is 5.14 Å². The Hall–Kier alpha value is -1.86. The number of hydrogen-bond acceptors (Lipinski definition) is 3. The van der Waals surface area contributed by atoms with Crippen molar-refractivity contribution < 1.29 is 8.42 Å². The Labute approximate surface area is 150 Å². The maximum atomic E-state index is 11.2. The van der Waals surface area contributed by atoms with Crippen LogP contribution in [0.2, 0.25) is 0 Å². The van der Waals surface area contributed by atoms with E-state index in [1.54, 1.807) is 24.8 Å². The molecule has 2 rings (SSSR count). The van der Waals surface area contributed by atoms with Gasteiger partial charge >= 0.3 is 0 Å². The Morgan fingerprint density at radius 1 is 1.12 bits per heavy atom. The van der Waals surface area contributed by atoms with Gasteiger partial charge in [0.15, 0.2) is 5.96 Å². The zero-order valence-corrected chi connectivity index (χ0v) is 15.6. The van der Waals surface area contributed by atoms with Gasteiger partial charge in [-0.3, -0.25) is 4.99 Å². The first-order chi connectivity index (χ1) is 12.0. The van der Waals surface area contributed by atoms with E-state index in [1.807, 2.05) is 0 Å². The average Bonchev–Trinajstić information content (AvgIpc) is 2.61. The van der Waals surface area contributed by atoms with Crippen LogP contribution in [0.3, 0.4) is 0 Å². The molecule has 0 bridgehead atoms. The van der Waals surface area contributed by atoms with Crippen LogP contribution < -0.4 is 15.8 Å². The average molecular weight is 365 g/mol. The summed E-state index contributed by atoms with van der Waals surface area (Å²) in [5, 5.41) is 11.7. The van der Waals surface area contributed by atoms with Crippen LogP contribution in [0.1, 0.15) is 37.7 Å². The van der Waals surface area contributed by atoms with Gasteiger partial charge in [-0.2, -0.15) is 0 Å². The summed E-state index contributed by atoms with van der Waals surface area (Å²) in [5.74, 6) is 0.789. The summed E-state index contributed by atoms with van der Waals surface area (Å²) in [6, 6.07) is 6.64. The molecule has 0 aromatic heterocycles. The summed E-state index contributed by atoms with van der Waals surface area (Å²) < 4.78 is 22.5. The maximum absolute atomic E-state index is 11.2. The van der Waals surface area contributed by atoms with Crippen LogP contribution in [-0.4, -0.2) is 34.5 Å². The number of benzene rings is 1. The molecule has 0 atom stereocenters. The molecule has 0 saturated carbocycles. The minimum Gasteiger partial charge on any atom is -0.356 e. The fourth-order valence-electron chi connectivity index (χ4n) is 2.86. The lowest BCUT2D eigenvalue weighted by Crippen LogP contribution is -2.38.